The van der Waals surface area contributed by atoms with Gasteiger partial charge in [0.25, 0.3) is 5.91 Å². The predicted octanol–water partition coefficient (Wildman–Crippen LogP) is 10.4. The number of carbonyl (C=O) groups excluding carboxylic acids is 3. The van der Waals surface area contributed by atoms with Gasteiger partial charge in [0, 0.05) is 17.3 Å². The highest BCUT2D eigenvalue weighted by atomic mass is 35.5. The summed E-state index contributed by atoms with van der Waals surface area (Å²) >= 11 is 12.3. The lowest BCUT2D eigenvalue weighted by atomic mass is 9.93. The van der Waals surface area contributed by atoms with E-state index in [2.05, 4.69) is 9.84 Å². The van der Waals surface area contributed by atoms with Gasteiger partial charge in [0.2, 0.25) is 0 Å². The average molecular weight is 914 g/mol. The number of hydrogen-bond acceptors (Lipinski definition) is 9. The number of esters is 1. The predicted molar refractivity (Wildman–Crippen MR) is 192 cm³/mol. The molecule has 5 rings (SSSR count). The van der Waals surface area contributed by atoms with Gasteiger partial charge in [0.15, 0.2) is 12.5 Å². The monoisotopic (exact) mass is 912 g/mol. The standard InChI is InChI=1S/C38H28Cl2F10N4O7/c1-33(2,31(56)58-17-21-6-4-3-5-7-21)19-59-32(57)60-20-53(34(18-51)10-11-34)30(55)25-12-22(8-9-26(25)39)23-15-52-54(16-23)29-27(40)13-24(14-28(29)61-38(48,49)50)35(41,36(42,43)44)37(45,46)47/h3-9,12-16H,10-11,17,19-20H2,1-2H3. The summed E-state index contributed by atoms with van der Waals surface area (Å²) in [6.07, 6.45) is -18.3. The van der Waals surface area contributed by atoms with Crippen LogP contribution in [0.15, 0.2) is 73.1 Å². The molecule has 4 aromatic rings. The van der Waals surface area contributed by atoms with Crippen molar-refractivity contribution in [3.8, 4) is 28.6 Å². The Bertz CT molecular complexity index is 2330. The summed E-state index contributed by atoms with van der Waals surface area (Å²) in [5.41, 5.74) is -12.0. The number of ether oxygens (including phenoxy) is 4. The molecule has 1 aliphatic carbocycles. The molecule has 0 N–H and O–H groups in total. The number of hydrogen-bond donors (Lipinski definition) is 0. The van der Waals surface area contributed by atoms with Crippen LogP contribution < -0.4 is 4.74 Å². The summed E-state index contributed by atoms with van der Waals surface area (Å²) in [7, 11) is 0. The zero-order valence-corrected chi connectivity index (χ0v) is 32.7. The van der Waals surface area contributed by atoms with Gasteiger partial charge in [-0.25, -0.2) is 13.9 Å². The van der Waals surface area contributed by atoms with E-state index in [4.69, 9.17) is 37.4 Å². The van der Waals surface area contributed by atoms with Gasteiger partial charge in [-0.05, 0) is 62.1 Å². The maximum Gasteiger partial charge on any atom is 0.573 e. The first-order chi connectivity index (χ1) is 28.2. The number of nitrogens with zero attached hydrogens (tertiary/aromatic N) is 4. The number of rotatable bonds is 13. The second kappa shape index (κ2) is 17.0. The molecule has 0 spiro atoms. The van der Waals surface area contributed by atoms with E-state index < -0.39 is 94.8 Å². The average Bonchev–Trinajstić information content (AvgIpc) is 3.81. The second-order valence-electron chi connectivity index (χ2n) is 14.0. The molecule has 1 saturated carbocycles. The molecular formula is C38H28Cl2F10N4O7. The third kappa shape index (κ3) is 10.1. The first-order valence-electron chi connectivity index (χ1n) is 17.2. The smallest absolute Gasteiger partial charge is 0.460 e. The van der Waals surface area contributed by atoms with E-state index in [1.54, 1.807) is 30.3 Å². The number of halogens is 12. The fraction of sp³-hybridized carbons (Fsp3) is 0.342. The van der Waals surface area contributed by atoms with Crippen molar-refractivity contribution in [2.45, 2.75) is 63.2 Å². The maximum atomic E-state index is 14.9. The molecule has 23 heteroatoms. The van der Waals surface area contributed by atoms with Crippen LogP contribution in [0.4, 0.5) is 48.7 Å². The van der Waals surface area contributed by atoms with Gasteiger partial charge < -0.3 is 18.9 Å². The quantitative estimate of drug-likeness (QED) is 0.0730. The van der Waals surface area contributed by atoms with Crippen LogP contribution in [0.25, 0.3) is 16.8 Å². The van der Waals surface area contributed by atoms with Gasteiger partial charge in [-0.2, -0.15) is 36.7 Å². The summed E-state index contributed by atoms with van der Waals surface area (Å²) in [6, 6.07) is 13.7. The molecule has 3 aromatic carbocycles. The fourth-order valence-electron chi connectivity index (χ4n) is 5.61. The van der Waals surface area contributed by atoms with Crippen LogP contribution >= 0.6 is 23.2 Å². The minimum atomic E-state index is -6.71. The third-order valence-electron chi connectivity index (χ3n) is 9.10. The topological polar surface area (TPSA) is 133 Å². The van der Waals surface area contributed by atoms with Crippen LogP contribution in [0.2, 0.25) is 10.0 Å². The van der Waals surface area contributed by atoms with Gasteiger partial charge in [-0.1, -0.05) is 59.6 Å². The number of nitriles is 1. The van der Waals surface area contributed by atoms with Gasteiger partial charge in [0.05, 0.1) is 33.3 Å². The molecule has 0 unspecified atom stereocenters. The highest BCUT2D eigenvalue weighted by Gasteiger charge is 2.73. The first kappa shape index (κ1) is 46.3. The summed E-state index contributed by atoms with van der Waals surface area (Å²) in [6.45, 7) is 1.50. The Hall–Kier alpha value is -5.75. The van der Waals surface area contributed by atoms with Crippen LogP contribution in [0.3, 0.4) is 0 Å². The molecule has 326 valence electrons. The van der Waals surface area contributed by atoms with Crippen molar-refractivity contribution < 1.29 is 77.2 Å². The van der Waals surface area contributed by atoms with Crippen LogP contribution in [-0.4, -0.2) is 70.3 Å². The molecular weight excluding hydrogens is 885 g/mol. The van der Waals surface area contributed by atoms with E-state index in [-0.39, 0.29) is 47.2 Å². The normalized spacial score (nSPS) is 14.1. The van der Waals surface area contributed by atoms with E-state index in [0.717, 1.165) is 23.4 Å². The van der Waals surface area contributed by atoms with Crippen LogP contribution in [-0.2, 0) is 31.3 Å². The van der Waals surface area contributed by atoms with E-state index in [9.17, 15) is 63.5 Å². The molecule has 0 bridgehead atoms. The second-order valence-corrected chi connectivity index (χ2v) is 14.8. The van der Waals surface area contributed by atoms with Gasteiger partial charge >= 0.3 is 36.5 Å². The zero-order valence-electron chi connectivity index (χ0n) is 31.1. The van der Waals surface area contributed by atoms with Gasteiger partial charge in [-0.15, -0.1) is 13.2 Å². The molecule has 0 aliphatic heterocycles. The van der Waals surface area contributed by atoms with E-state index in [1.807, 2.05) is 6.07 Å². The lowest BCUT2D eigenvalue weighted by Gasteiger charge is -2.31. The van der Waals surface area contributed by atoms with Crippen molar-refractivity contribution >= 4 is 41.2 Å². The number of amides is 1. The molecule has 61 heavy (non-hydrogen) atoms. The molecule has 0 radical (unpaired) electrons. The zero-order chi connectivity index (χ0) is 45.3. The SMILES string of the molecule is CC(C)(COC(=O)OCN(C(=O)c1cc(-c2cnn(-c3c(Cl)cc(C(F)(C(F)(F)F)C(F)(F)F)cc3OC(F)(F)F)c2)ccc1Cl)C1(C#N)CC1)C(=O)OCc1ccccc1. The summed E-state index contributed by atoms with van der Waals surface area (Å²) < 4.78 is 156. The minimum absolute atomic E-state index is 0.0328. The summed E-state index contributed by atoms with van der Waals surface area (Å²) in [5, 5.41) is 12.2. The van der Waals surface area contributed by atoms with Crippen molar-refractivity contribution in [2.24, 2.45) is 5.41 Å². The van der Waals surface area contributed by atoms with Crippen molar-refractivity contribution in [2.75, 3.05) is 13.3 Å². The van der Waals surface area contributed by atoms with Crippen LogP contribution in [0.5, 0.6) is 5.75 Å². The minimum Gasteiger partial charge on any atom is -0.460 e. The molecule has 11 nitrogen and oxygen atoms in total. The first-order valence-corrected chi connectivity index (χ1v) is 18.0. The Morgan fingerprint density at radius 2 is 1.49 bits per heavy atom. The summed E-state index contributed by atoms with van der Waals surface area (Å²) in [4.78, 5) is 40.1. The Morgan fingerprint density at radius 1 is 0.852 bits per heavy atom. The number of benzene rings is 3. The Kier molecular flexibility index (Phi) is 12.9. The van der Waals surface area contributed by atoms with Crippen molar-refractivity contribution in [3.63, 3.8) is 0 Å². The van der Waals surface area contributed by atoms with E-state index in [0.29, 0.717) is 10.2 Å². The molecule has 1 aliphatic rings. The molecule has 1 heterocycles. The molecule has 1 aromatic heterocycles. The van der Waals surface area contributed by atoms with Crippen LogP contribution in [0.1, 0.15) is 48.2 Å². The molecule has 1 amide bonds. The largest absolute Gasteiger partial charge is 0.573 e. The highest BCUT2D eigenvalue weighted by Crippen LogP contribution is 2.55. The molecule has 1 fully saturated rings. The lowest BCUT2D eigenvalue weighted by Crippen LogP contribution is -2.50. The Morgan fingerprint density at radius 3 is 2.07 bits per heavy atom. The van der Waals surface area contributed by atoms with Crippen LogP contribution in [0, 0.1) is 16.7 Å². The number of carbonyl (C=O) groups is 3. The van der Waals surface area contributed by atoms with E-state index in [1.165, 1.54) is 26.0 Å². The Balaban J connectivity index is 1.38. The number of alkyl halides is 10. The van der Waals surface area contributed by atoms with Gasteiger partial charge in [0.1, 0.15) is 24.4 Å². The maximum absolute atomic E-state index is 14.9. The lowest BCUT2D eigenvalue weighted by molar-refractivity contribution is -0.348. The highest BCUT2D eigenvalue weighted by molar-refractivity contribution is 6.34. The molecule has 0 saturated heterocycles. The molecule has 0 atom stereocenters. The third-order valence-corrected chi connectivity index (χ3v) is 9.71. The van der Waals surface area contributed by atoms with Crippen molar-refractivity contribution in [1.29, 1.82) is 5.26 Å². The number of aromatic nitrogens is 2. The van der Waals surface area contributed by atoms with Crippen molar-refractivity contribution in [3.05, 3.63) is 99.8 Å². The van der Waals surface area contributed by atoms with E-state index >= 15 is 0 Å². The van der Waals surface area contributed by atoms with Crippen molar-refractivity contribution in [1.82, 2.24) is 14.7 Å². The summed E-state index contributed by atoms with van der Waals surface area (Å²) in [5.74, 6) is -3.45. The van der Waals surface area contributed by atoms with Gasteiger partial charge in [-0.3, -0.25) is 14.5 Å². The fourth-order valence-corrected chi connectivity index (χ4v) is 6.10. The Labute approximate surface area is 348 Å².